The SMILES string of the molecule is CCOCCCNC(CC)CC#N. The number of ether oxygens (including phenoxy) is 1. The molecule has 0 saturated carbocycles. The van der Waals surface area contributed by atoms with Gasteiger partial charge in [0, 0.05) is 19.3 Å². The highest BCUT2D eigenvalue weighted by Crippen LogP contribution is 1.95. The Morgan fingerprint density at radius 1 is 1.46 bits per heavy atom. The van der Waals surface area contributed by atoms with Crippen LogP contribution in [0.1, 0.15) is 33.1 Å². The molecule has 0 radical (unpaired) electrons. The number of nitrogens with zero attached hydrogens (tertiary/aromatic N) is 1. The topological polar surface area (TPSA) is 45.0 Å². The van der Waals surface area contributed by atoms with E-state index in [0.29, 0.717) is 12.5 Å². The lowest BCUT2D eigenvalue weighted by atomic mass is 10.1. The Kier molecular flexibility index (Phi) is 9.07. The van der Waals surface area contributed by atoms with Crippen LogP contribution in [0.5, 0.6) is 0 Å². The van der Waals surface area contributed by atoms with E-state index in [2.05, 4.69) is 18.3 Å². The zero-order chi connectivity index (χ0) is 9.94. The maximum atomic E-state index is 8.49. The van der Waals surface area contributed by atoms with Gasteiger partial charge in [0.1, 0.15) is 0 Å². The van der Waals surface area contributed by atoms with Gasteiger partial charge in [-0.25, -0.2) is 0 Å². The Morgan fingerprint density at radius 2 is 2.23 bits per heavy atom. The Labute approximate surface area is 81.1 Å². The molecule has 0 heterocycles. The van der Waals surface area contributed by atoms with Crippen LogP contribution in [-0.4, -0.2) is 25.8 Å². The fourth-order valence-corrected chi connectivity index (χ4v) is 1.10. The van der Waals surface area contributed by atoms with Gasteiger partial charge in [-0.15, -0.1) is 0 Å². The summed E-state index contributed by atoms with van der Waals surface area (Å²) in [5.74, 6) is 0. The highest BCUT2D eigenvalue weighted by molar-refractivity contribution is 4.79. The summed E-state index contributed by atoms with van der Waals surface area (Å²) in [6.07, 6.45) is 2.64. The molecular weight excluding hydrogens is 164 g/mol. The zero-order valence-corrected chi connectivity index (χ0v) is 8.68. The Hall–Kier alpha value is -0.590. The van der Waals surface area contributed by atoms with E-state index < -0.39 is 0 Å². The van der Waals surface area contributed by atoms with Crippen molar-refractivity contribution in [2.24, 2.45) is 0 Å². The lowest BCUT2D eigenvalue weighted by Crippen LogP contribution is -2.29. The second-order valence-corrected chi connectivity index (χ2v) is 2.97. The summed E-state index contributed by atoms with van der Waals surface area (Å²) in [6.45, 7) is 6.64. The van der Waals surface area contributed by atoms with Crippen molar-refractivity contribution in [1.29, 1.82) is 5.26 Å². The van der Waals surface area contributed by atoms with Gasteiger partial charge >= 0.3 is 0 Å². The highest BCUT2D eigenvalue weighted by atomic mass is 16.5. The van der Waals surface area contributed by atoms with Gasteiger partial charge in [-0.3, -0.25) is 0 Å². The van der Waals surface area contributed by atoms with Crippen LogP contribution in [0.15, 0.2) is 0 Å². The third-order valence-electron chi connectivity index (χ3n) is 1.93. The van der Waals surface area contributed by atoms with Crippen molar-refractivity contribution in [3.63, 3.8) is 0 Å². The first-order chi connectivity index (χ1) is 6.35. The van der Waals surface area contributed by atoms with E-state index in [0.717, 1.165) is 32.6 Å². The molecule has 0 saturated heterocycles. The molecule has 3 heteroatoms. The minimum Gasteiger partial charge on any atom is -0.382 e. The van der Waals surface area contributed by atoms with Crippen molar-refractivity contribution >= 4 is 0 Å². The monoisotopic (exact) mass is 184 g/mol. The minimum absolute atomic E-state index is 0.353. The summed E-state index contributed by atoms with van der Waals surface area (Å²) in [5, 5.41) is 11.8. The van der Waals surface area contributed by atoms with Gasteiger partial charge in [0.25, 0.3) is 0 Å². The maximum Gasteiger partial charge on any atom is 0.0638 e. The fraction of sp³-hybridized carbons (Fsp3) is 0.900. The van der Waals surface area contributed by atoms with Crippen molar-refractivity contribution in [3.8, 4) is 6.07 Å². The van der Waals surface area contributed by atoms with Gasteiger partial charge in [-0.1, -0.05) is 6.92 Å². The molecule has 0 spiro atoms. The molecule has 0 bridgehead atoms. The molecule has 1 atom stereocenters. The van der Waals surface area contributed by atoms with Crippen LogP contribution in [0.4, 0.5) is 0 Å². The van der Waals surface area contributed by atoms with Crippen LogP contribution in [-0.2, 0) is 4.74 Å². The first-order valence-corrected chi connectivity index (χ1v) is 5.03. The Balaban J connectivity index is 3.23. The molecule has 1 N–H and O–H groups in total. The predicted molar refractivity (Wildman–Crippen MR) is 53.4 cm³/mol. The molecule has 0 aromatic heterocycles. The van der Waals surface area contributed by atoms with Crippen LogP contribution in [0.2, 0.25) is 0 Å². The van der Waals surface area contributed by atoms with Crippen LogP contribution in [0.25, 0.3) is 0 Å². The van der Waals surface area contributed by atoms with Gasteiger partial charge < -0.3 is 10.1 Å². The summed E-state index contributed by atoms with van der Waals surface area (Å²) < 4.78 is 5.20. The average molecular weight is 184 g/mol. The van der Waals surface area contributed by atoms with E-state index >= 15 is 0 Å². The molecule has 0 rings (SSSR count). The van der Waals surface area contributed by atoms with Gasteiger partial charge in [0.05, 0.1) is 12.5 Å². The standard InChI is InChI=1S/C10H20N2O/c1-3-10(6-7-11)12-8-5-9-13-4-2/h10,12H,3-6,8-9H2,1-2H3. The highest BCUT2D eigenvalue weighted by Gasteiger charge is 2.02. The van der Waals surface area contributed by atoms with E-state index in [1.807, 2.05) is 6.92 Å². The van der Waals surface area contributed by atoms with Crippen LogP contribution in [0.3, 0.4) is 0 Å². The Bertz CT molecular complexity index is 142. The van der Waals surface area contributed by atoms with Gasteiger partial charge in [-0.2, -0.15) is 5.26 Å². The average Bonchev–Trinajstić information content (AvgIpc) is 2.16. The lowest BCUT2D eigenvalue weighted by Gasteiger charge is -2.12. The van der Waals surface area contributed by atoms with Gasteiger partial charge in [0.15, 0.2) is 0 Å². The molecule has 0 aliphatic carbocycles. The summed E-state index contributed by atoms with van der Waals surface area (Å²) in [4.78, 5) is 0. The minimum atomic E-state index is 0.353. The molecular formula is C10H20N2O. The van der Waals surface area contributed by atoms with Crippen molar-refractivity contribution in [2.45, 2.75) is 39.2 Å². The molecule has 0 aliphatic rings. The van der Waals surface area contributed by atoms with Crippen molar-refractivity contribution in [1.82, 2.24) is 5.32 Å². The predicted octanol–water partition coefficient (Wildman–Crippen LogP) is 1.69. The summed E-state index contributed by atoms with van der Waals surface area (Å²) in [6, 6.07) is 2.53. The van der Waals surface area contributed by atoms with Crippen LogP contribution in [0, 0.1) is 11.3 Å². The lowest BCUT2D eigenvalue weighted by molar-refractivity contribution is 0.144. The first-order valence-electron chi connectivity index (χ1n) is 5.03. The number of nitriles is 1. The van der Waals surface area contributed by atoms with E-state index in [4.69, 9.17) is 10.00 Å². The van der Waals surface area contributed by atoms with Gasteiger partial charge in [0.2, 0.25) is 0 Å². The number of rotatable bonds is 8. The molecule has 76 valence electrons. The van der Waals surface area contributed by atoms with Crippen molar-refractivity contribution < 1.29 is 4.74 Å². The zero-order valence-electron chi connectivity index (χ0n) is 8.68. The normalized spacial score (nSPS) is 12.4. The molecule has 0 aliphatic heterocycles. The number of nitrogens with one attached hydrogen (secondary N) is 1. The third kappa shape index (κ3) is 7.76. The van der Waals surface area contributed by atoms with Crippen LogP contribution >= 0.6 is 0 Å². The molecule has 0 aromatic carbocycles. The largest absolute Gasteiger partial charge is 0.382 e. The third-order valence-corrected chi connectivity index (χ3v) is 1.93. The van der Waals surface area contributed by atoms with Crippen molar-refractivity contribution in [3.05, 3.63) is 0 Å². The summed E-state index contributed by atoms with van der Waals surface area (Å²) in [7, 11) is 0. The van der Waals surface area contributed by atoms with E-state index in [-0.39, 0.29) is 0 Å². The summed E-state index contributed by atoms with van der Waals surface area (Å²) in [5.41, 5.74) is 0. The molecule has 13 heavy (non-hydrogen) atoms. The summed E-state index contributed by atoms with van der Waals surface area (Å²) >= 11 is 0. The second-order valence-electron chi connectivity index (χ2n) is 2.97. The first kappa shape index (κ1) is 12.4. The number of hydrogen-bond donors (Lipinski definition) is 1. The van der Waals surface area contributed by atoms with Crippen molar-refractivity contribution in [2.75, 3.05) is 19.8 Å². The molecule has 0 aromatic rings. The fourth-order valence-electron chi connectivity index (χ4n) is 1.10. The molecule has 3 nitrogen and oxygen atoms in total. The maximum absolute atomic E-state index is 8.49. The number of hydrogen-bond acceptors (Lipinski definition) is 3. The smallest absolute Gasteiger partial charge is 0.0638 e. The second kappa shape index (κ2) is 9.50. The molecule has 0 amide bonds. The Morgan fingerprint density at radius 3 is 2.77 bits per heavy atom. The van der Waals surface area contributed by atoms with E-state index in [1.54, 1.807) is 0 Å². The van der Waals surface area contributed by atoms with E-state index in [9.17, 15) is 0 Å². The molecule has 1 unspecified atom stereocenters. The quantitative estimate of drug-likeness (QED) is 0.584. The van der Waals surface area contributed by atoms with E-state index in [1.165, 1.54) is 0 Å². The van der Waals surface area contributed by atoms with Gasteiger partial charge in [-0.05, 0) is 26.3 Å². The molecule has 0 fully saturated rings. The van der Waals surface area contributed by atoms with Crippen LogP contribution < -0.4 is 5.32 Å².